The van der Waals surface area contributed by atoms with Crippen LogP contribution in [0.25, 0.3) is 10.8 Å². The maximum absolute atomic E-state index is 6.32. The maximum Gasteiger partial charge on any atom is 0.139 e. The predicted octanol–water partition coefficient (Wildman–Crippen LogP) is 5.32. The van der Waals surface area contributed by atoms with Gasteiger partial charge in [-0.25, -0.2) is 4.98 Å². The van der Waals surface area contributed by atoms with Crippen LogP contribution >= 0.6 is 11.6 Å². The van der Waals surface area contributed by atoms with E-state index in [2.05, 4.69) is 49.3 Å². The lowest BCUT2D eigenvalue weighted by Crippen LogP contribution is -2.22. The van der Waals surface area contributed by atoms with E-state index < -0.39 is 0 Å². The number of hydrogen-bond donors (Lipinski definition) is 1. The first kappa shape index (κ1) is 16.8. The van der Waals surface area contributed by atoms with Crippen LogP contribution in [-0.4, -0.2) is 14.8 Å². The number of aromatic nitrogens is 3. The van der Waals surface area contributed by atoms with Crippen molar-refractivity contribution in [1.29, 1.82) is 0 Å². The number of aryl methyl sites for hydroxylation is 1. The van der Waals surface area contributed by atoms with Gasteiger partial charge in [-0.3, -0.25) is 4.68 Å². The predicted molar refractivity (Wildman–Crippen MR) is 101 cm³/mol. The quantitative estimate of drug-likeness (QED) is 0.655. The van der Waals surface area contributed by atoms with Gasteiger partial charge in [0, 0.05) is 17.1 Å². The molecule has 2 heterocycles. The molecule has 3 aromatic rings. The molecule has 4 nitrogen and oxygen atoms in total. The molecule has 5 heteroatoms. The van der Waals surface area contributed by atoms with E-state index in [1.165, 1.54) is 0 Å². The third-order valence-corrected chi connectivity index (χ3v) is 4.44. The van der Waals surface area contributed by atoms with Crippen molar-refractivity contribution in [3.8, 4) is 0 Å². The SMILES string of the molecule is Cc1nn(C(C)(C)C)cc1C(C)Nc1cc2ccccc2c(Cl)n1. The first-order valence-electron chi connectivity index (χ1n) is 8.14. The standard InChI is InChI=1S/C19H23ClN4/c1-12(16-11-24(19(3,4)5)23-13(16)2)21-17-10-14-8-6-7-9-15(14)18(20)22-17/h6-12H,1-5H3,(H,21,22). The van der Waals surface area contributed by atoms with E-state index in [4.69, 9.17) is 11.6 Å². The number of nitrogens with zero attached hydrogens (tertiary/aromatic N) is 3. The van der Waals surface area contributed by atoms with Crippen molar-refractivity contribution in [1.82, 2.24) is 14.8 Å². The van der Waals surface area contributed by atoms with Gasteiger partial charge in [0.2, 0.25) is 0 Å². The normalized spacial score (nSPS) is 13.2. The van der Waals surface area contributed by atoms with Crippen LogP contribution in [0, 0.1) is 6.92 Å². The molecule has 0 saturated carbocycles. The fourth-order valence-electron chi connectivity index (χ4n) is 2.77. The van der Waals surface area contributed by atoms with Crippen molar-refractivity contribution in [3.05, 3.63) is 52.9 Å². The highest BCUT2D eigenvalue weighted by atomic mass is 35.5. The molecular formula is C19H23ClN4. The van der Waals surface area contributed by atoms with Gasteiger partial charge in [0.15, 0.2) is 0 Å². The summed E-state index contributed by atoms with van der Waals surface area (Å²) in [7, 11) is 0. The van der Waals surface area contributed by atoms with Gasteiger partial charge >= 0.3 is 0 Å². The minimum Gasteiger partial charge on any atom is -0.363 e. The van der Waals surface area contributed by atoms with Crippen LogP contribution in [0.1, 0.15) is 45.0 Å². The summed E-state index contributed by atoms with van der Waals surface area (Å²) >= 11 is 6.32. The zero-order valence-electron chi connectivity index (χ0n) is 14.8. The number of hydrogen-bond acceptors (Lipinski definition) is 3. The maximum atomic E-state index is 6.32. The van der Waals surface area contributed by atoms with Crippen molar-refractivity contribution >= 4 is 28.2 Å². The van der Waals surface area contributed by atoms with Crippen LogP contribution in [0.2, 0.25) is 5.15 Å². The molecule has 0 spiro atoms. The second kappa shape index (κ2) is 6.10. The summed E-state index contributed by atoms with van der Waals surface area (Å²) in [5.74, 6) is 0.772. The first-order valence-corrected chi connectivity index (χ1v) is 8.52. The summed E-state index contributed by atoms with van der Waals surface area (Å²) < 4.78 is 2.01. The van der Waals surface area contributed by atoms with Gasteiger partial charge in [-0.2, -0.15) is 5.10 Å². The molecule has 0 amide bonds. The monoisotopic (exact) mass is 342 g/mol. The average Bonchev–Trinajstić information content (AvgIpc) is 2.89. The van der Waals surface area contributed by atoms with E-state index in [0.29, 0.717) is 5.15 Å². The van der Waals surface area contributed by atoms with Gasteiger partial charge in [-0.1, -0.05) is 35.9 Å². The van der Waals surface area contributed by atoms with E-state index in [0.717, 1.165) is 27.8 Å². The third kappa shape index (κ3) is 3.24. The lowest BCUT2D eigenvalue weighted by atomic mass is 10.1. The van der Waals surface area contributed by atoms with Gasteiger partial charge in [-0.05, 0) is 46.1 Å². The van der Waals surface area contributed by atoms with Crippen LogP contribution in [0.4, 0.5) is 5.82 Å². The molecule has 3 rings (SSSR count). The Morgan fingerprint density at radius 2 is 1.92 bits per heavy atom. The lowest BCUT2D eigenvalue weighted by molar-refractivity contribution is 0.354. The highest BCUT2D eigenvalue weighted by Gasteiger charge is 2.19. The Kier molecular flexibility index (Phi) is 4.26. The molecule has 1 atom stereocenters. The highest BCUT2D eigenvalue weighted by molar-refractivity contribution is 6.34. The molecule has 1 N–H and O–H groups in total. The van der Waals surface area contributed by atoms with Crippen molar-refractivity contribution in [2.75, 3.05) is 5.32 Å². The Balaban J connectivity index is 1.90. The van der Waals surface area contributed by atoms with Gasteiger partial charge in [0.1, 0.15) is 11.0 Å². The topological polar surface area (TPSA) is 42.7 Å². The minimum atomic E-state index is -0.0345. The number of nitrogens with one attached hydrogen (secondary N) is 1. The Morgan fingerprint density at radius 3 is 2.58 bits per heavy atom. The number of halogens is 1. The van der Waals surface area contributed by atoms with Crippen molar-refractivity contribution in [3.63, 3.8) is 0 Å². The molecule has 2 aromatic heterocycles. The van der Waals surface area contributed by atoms with Crippen LogP contribution < -0.4 is 5.32 Å². The summed E-state index contributed by atoms with van der Waals surface area (Å²) in [6.45, 7) is 10.6. The van der Waals surface area contributed by atoms with Crippen LogP contribution in [0.3, 0.4) is 0 Å². The molecule has 1 unspecified atom stereocenters. The van der Waals surface area contributed by atoms with Gasteiger partial charge in [0.25, 0.3) is 0 Å². The van der Waals surface area contributed by atoms with Crippen molar-refractivity contribution in [2.45, 2.75) is 46.2 Å². The Morgan fingerprint density at radius 1 is 1.21 bits per heavy atom. The fourth-order valence-corrected chi connectivity index (χ4v) is 3.04. The average molecular weight is 343 g/mol. The summed E-state index contributed by atoms with van der Waals surface area (Å²) in [4.78, 5) is 4.48. The zero-order valence-corrected chi connectivity index (χ0v) is 15.5. The number of benzene rings is 1. The molecule has 0 fully saturated rings. The lowest BCUT2D eigenvalue weighted by Gasteiger charge is -2.19. The van der Waals surface area contributed by atoms with E-state index >= 15 is 0 Å². The van der Waals surface area contributed by atoms with Crippen LogP contribution in [0.5, 0.6) is 0 Å². The van der Waals surface area contributed by atoms with E-state index in [-0.39, 0.29) is 11.6 Å². The third-order valence-electron chi connectivity index (χ3n) is 4.15. The van der Waals surface area contributed by atoms with Gasteiger partial charge < -0.3 is 5.32 Å². The smallest absolute Gasteiger partial charge is 0.139 e. The summed E-state index contributed by atoms with van der Waals surface area (Å²) in [5.41, 5.74) is 2.15. The minimum absolute atomic E-state index is 0.0345. The molecule has 126 valence electrons. The number of fused-ring (bicyclic) bond motifs is 1. The van der Waals surface area contributed by atoms with Crippen LogP contribution in [0.15, 0.2) is 36.5 Å². The Labute approximate surface area is 147 Å². The van der Waals surface area contributed by atoms with Gasteiger partial charge in [-0.15, -0.1) is 0 Å². The highest BCUT2D eigenvalue weighted by Crippen LogP contribution is 2.28. The van der Waals surface area contributed by atoms with Crippen molar-refractivity contribution in [2.24, 2.45) is 0 Å². The second-order valence-electron chi connectivity index (χ2n) is 7.17. The number of anilines is 1. The first-order chi connectivity index (χ1) is 11.3. The number of pyridine rings is 1. The zero-order chi connectivity index (χ0) is 17.5. The second-order valence-corrected chi connectivity index (χ2v) is 7.53. The molecule has 0 aliphatic heterocycles. The van der Waals surface area contributed by atoms with Crippen molar-refractivity contribution < 1.29 is 0 Å². The Hall–Kier alpha value is -2.07. The summed E-state index contributed by atoms with van der Waals surface area (Å²) in [6, 6.07) is 10.1. The van der Waals surface area contributed by atoms with E-state index in [1.54, 1.807) is 0 Å². The molecule has 0 saturated heterocycles. The molecule has 0 aliphatic carbocycles. The van der Waals surface area contributed by atoms with Gasteiger partial charge in [0.05, 0.1) is 17.3 Å². The summed E-state index contributed by atoms with van der Waals surface area (Å²) in [6.07, 6.45) is 2.11. The molecule has 0 bridgehead atoms. The number of rotatable bonds is 3. The molecule has 1 aromatic carbocycles. The molecule has 0 aliphatic rings. The molecule has 24 heavy (non-hydrogen) atoms. The molecular weight excluding hydrogens is 320 g/mol. The largest absolute Gasteiger partial charge is 0.363 e. The van der Waals surface area contributed by atoms with Crippen LogP contribution in [-0.2, 0) is 5.54 Å². The van der Waals surface area contributed by atoms with E-state index in [9.17, 15) is 0 Å². The Bertz CT molecular complexity index is 877. The van der Waals surface area contributed by atoms with E-state index in [1.807, 2.05) is 41.9 Å². The summed E-state index contributed by atoms with van der Waals surface area (Å²) in [5, 5.41) is 10.7. The fraction of sp³-hybridized carbons (Fsp3) is 0.368. The molecule has 0 radical (unpaired) electrons.